The van der Waals surface area contributed by atoms with E-state index >= 15 is 0 Å². The molecule has 0 spiro atoms. The molecule has 0 aliphatic rings. The number of nitrogens with two attached hydrogens (primary N) is 1. The lowest BCUT2D eigenvalue weighted by Crippen LogP contribution is -2.33. The van der Waals surface area contributed by atoms with E-state index in [0.29, 0.717) is 76.8 Å². The molecule has 0 radical (unpaired) electrons. The Morgan fingerprint density at radius 2 is 1.51 bits per heavy atom. The van der Waals surface area contributed by atoms with Gasteiger partial charge in [0.15, 0.2) is 0 Å². The third-order valence-corrected chi connectivity index (χ3v) is 4.57. The third kappa shape index (κ3) is 21.1. The highest BCUT2D eigenvalue weighted by Crippen LogP contribution is 2.10. The van der Waals surface area contributed by atoms with Gasteiger partial charge in [0.2, 0.25) is 0 Å². The molecule has 10 heteroatoms. The molecule has 0 aromatic carbocycles. The van der Waals surface area contributed by atoms with Gasteiger partial charge >= 0.3 is 6.09 Å². The molecule has 2 amide bonds. The normalized spacial score (nSPS) is 12.5. The van der Waals surface area contributed by atoms with Gasteiger partial charge < -0.3 is 35.3 Å². The first-order chi connectivity index (χ1) is 17.7. The van der Waals surface area contributed by atoms with Crippen LogP contribution >= 0.6 is 0 Å². The molecule has 4 N–H and O–H groups in total. The van der Waals surface area contributed by atoms with Crippen LogP contribution in [0, 0.1) is 0 Å². The number of allylic oxidation sites excluding steroid dienone is 2. The molecule has 10 nitrogen and oxygen atoms in total. The van der Waals surface area contributed by atoms with Crippen LogP contribution in [-0.2, 0) is 23.7 Å². The Bertz CT molecular complexity index is 729. The highest BCUT2D eigenvalue weighted by Gasteiger charge is 2.15. The minimum Gasteiger partial charge on any atom is -0.444 e. The standard InChI is InChI=1S/C27H48N4O6/c1-6-8-13-30-25(32)24(23(7-2)22-28)11-15-29-12-9-16-34-18-20-36-21-19-35-17-10-14-31-26(33)37-27(3,4)5/h7,11,15,22H,2,6,8-10,12-14,16-21,28H2,1,3-5H3,(H,30,32)(H,31,33). The van der Waals surface area contributed by atoms with Crippen LogP contribution in [0.2, 0.25) is 0 Å². The first-order valence-corrected chi connectivity index (χ1v) is 13.0. The summed E-state index contributed by atoms with van der Waals surface area (Å²) in [6, 6.07) is 0. The van der Waals surface area contributed by atoms with Crippen LogP contribution in [0.5, 0.6) is 0 Å². The molecule has 0 saturated carbocycles. The average Bonchev–Trinajstić information content (AvgIpc) is 2.84. The fourth-order valence-electron chi connectivity index (χ4n) is 2.73. The molecular formula is C27H48N4O6. The van der Waals surface area contributed by atoms with Gasteiger partial charge in [-0.25, -0.2) is 4.79 Å². The first kappa shape index (κ1) is 34.3. The van der Waals surface area contributed by atoms with Gasteiger partial charge in [0.05, 0.1) is 26.4 Å². The van der Waals surface area contributed by atoms with E-state index in [1.54, 1.807) is 18.4 Å². The number of nitrogens with zero attached hydrogens (tertiary/aromatic N) is 1. The lowest BCUT2D eigenvalue weighted by molar-refractivity contribution is -0.117. The molecule has 0 aliphatic heterocycles. The predicted octanol–water partition coefficient (Wildman–Crippen LogP) is 3.28. The van der Waals surface area contributed by atoms with Gasteiger partial charge in [0.25, 0.3) is 5.91 Å². The Kier molecular flexibility index (Phi) is 20.9. The largest absolute Gasteiger partial charge is 0.444 e. The zero-order valence-electron chi connectivity index (χ0n) is 23.2. The summed E-state index contributed by atoms with van der Waals surface area (Å²) in [6.07, 6.45) is 9.12. The SMILES string of the molecule is C=CC(=CN)C(=CC=NCCCOCCOCCOCCCNC(=O)OC(C)(C)C)C(=O)NCCCC. The second-order valence-corrected chi connectivity index (χ2v) is 9.04. The van der Waals surface area contributed by atoms with Crippen molar-refractivity contribution < 1.29 is 28.5 Å². The number of unbranched alkanes of at least 4 members (excludes halogenated alkanes) is 1. The number of hydrogen-bond donors (Lipinski definition) is 3. The molecule has 0 fully saturated rings. The number of alkyl carbamates (subject to hydrolysis) is 1. The molecular weight excluding hydrogens is 476 g/mol. The molecule has 0 atom stereocenters. The molecule has 0 unspecified atom stereocenters. The molecule has 0 rings (SSSR count). The summed E-state index contributed by atoms with van der Waals surface area (Å²) in [7, 11) is 0. The number of nitrogens with one attached hydrogen (secondary N) is 2. The number of aliphatic imine (C=N–C) groups is 1. The van der Waals surface area contributed by atoms with E-state index in [1.807, 2.05) is 20.8 Å². The predicted molar refractivity (Wildman–Crippen MR) is 148 cm³/mol. The van der Waals surface area contributed by atoms with Crippen LogP contribution in [0.1, 0.15) is 53.4 Å². The average molecular weight is 525 g/mol. The number of amides is 2. The summed E-state index contributed by atoms with van der Waals surface area (Å²) in [5.74, 6) is -0.194. The number of rotatable bonds is 21. The minimum absolute atomic E-state index is 0.194. The second kappa shape index (κ2) is 22.5. The smallest absolute Gasteiger partial charge is 0.407 e. The van der Waals surface area contributed by atoms with Crippen LogP contribution in [0.15, 0.2) is 41.1 Å². The van der Waals surface area contributed by atoms with Gasteiger partial charge in [-0.2, -0.15) is 0 Å². The van der Waals surface area contributed by atoms with E-state index in [4.69, 9.17) is 24.7 Å². The van der Waals surface area contributed by atoms with Gasteiger partial charge in [0.1, 0.15) is 5.60 Å². The maximum atomic E-state index is 12.4. The Morgan fingerprint density at radius 1 is 0.919 bits per heavy atom. The molecule has 212 valence electrons. The van der Waals surface area contributed by atoms with Crippen molar-refractivity contribution in [1.29, 1.82) is 0 Å². The summed E-state index contributed by atoms with van der Waals surface area (Å²) in [5, 5.41) is 5.56. The Labute approximate surface area is 222 Å². The third-order valence-electron chi connectivity index (χ3n) is 4.57. The minimum atomic E-state index is -0.496. The summed E-state index contributed by atoms with van der Waals surface area (Å²) < 4.78 is 21.6. The molecule has 0 aromatic rings. The van der Waals surface area contributed by atoms with Crippen molar-refractivity contribution in [3.8, 4) is 0 Å². The lowest BCUT2D eigenvalue weighted by Gasteiger charge is -2.19. The fourth-order valence-corrected chi connectivity index (χ4v) is 2.73. The quantitative estimate of drug-likeness (QED) is 0.0908. The Morgan fingerprint density at radius 3 is 2.08 bits per heavy atom. The van der Waals surface area contributed by atoms with Crippen molar-refractivity contribution >= 4 is 18.2 Å². The first-order valence-electron chi connectivity index (χ1n) is 13.0. The van der Waals surface area contributed by atoms with E-state index in [1.165, 1.54) is 6.20 Å². The van der Waals surface area contributed by atoms with Crippen molar-refractivity contribution in [3.63, 3.8) is 0 Å². The fraction of sp³-hybridized carbons (Fsp3) is 0.667. The summed E-state index contributed by atoms with van der Waals surface area (Å²) in [6.45, 7) is 16.0. The van der Waals surface area contributed by atoms with Crippen molar-refractivity contribution in [2.45, 2.75) is 59.0 Å². The van der Waals surface area contributed by atoms with Crippen molar-refractivity contribution in [1.82, 2.24) is 10.6 Å². The summed E-state index contributed by atoms with van der Waals surface area (Å²) in [4.78, 5) is 28.2. The van der Waals surface area contributed by atoms with Gasteiger partial charge in [-0.3, -0.25) is 9.79 Å². The monoisotopic (exact) mass is 524 g/mol. The maximum Gasteiger partial charge on any atom is 0.407 e. The van der Waals surface area contributed by atoms with Crippen LogP contribution in [0.25, 0.3) is 0 Å². The van der Waals surface area contributed by atoms with Crippen LogP contribution in [0.3, 0.4) is 0 Å². The number of ether oxygens (including phenoxy) is 4. The molecule has 0 aliphatic carbocycles. The van der Waals surface area contributed by atoms with Crippen LogP contribution in [-0.4, -0.2) is 83.1 Å². The van der Waals surface area contributed by atoms with Gasteiger partial charge in [0, 0.05) is 56.4 Å². The number of carbonyl (C=O) groups excluding carboxylic acids is 2. The van der Waals surface area contributed by atoms with Crippen LogP contribution in [0.4, 0.5) is 4.79 Å². The number of hydrogen-bond acceptors (Lipinski definition) is 8. The van der Waals surface area contributed by atoms with Gasteiger partial charge in [-0.1, -0.05) is 26.0 Å². The summed E-state index contributed by atoms with van der Waals surface area (Å²) in [5.41, 5.74) is 6.11. The van der Waals surface area contributed by atoms with E-state index in [0.717, 1.165) is 19.3 Å². The lowest BCUT2D eigenvalue weighted by atomic mass is 10.1. The van der Waals surface area contributed by atoms with E-state index in [9.17, 15) is 9.59 Å². The topological polar surface area (TPSA) is 134 Å². The van der Waals surface area contributed by atoms with E-state index in [2.05, 4.69) is 29.1 Å². The molecule has 0 saturated heterocycles. The van der Waals surface area contributed by atoms with Crippen molar-refractivity contribution in [2.75, 3.05) is 59.3 Å². The zero-order valence-corrected chi connectivity index (χ0v) is 23.2. The molecule has 0 bridgehead atoms. The second-order valence-electron chi connectivity index (χ2n) is 9.04. The van der Waals surface area contributed by atoms with Gasteiger partial charge in [-0.15, -0.1) is 0 Å². The Balaban J connectivity index is 3.80. The molecule has 37 heavy (non-hydrogen) atoms. The summed E-state index contributed by atoms with van der Waals surface area (Å²) >= 11 is 0. The van der Waals surface area contributed by atoms with E-state index < -0.39 is 11.7 Å². The van der Waals surface area contributed by atoms with Gasteiger partial charge in [-0.05, 0) is 46.1 Å². The highest BCUT2D eigenvalue weighted by atomic mass is 16.6. The van der Waals surface area contributed by atoms with Crippen molar-refractivity contribution in [3.05, 3.63) is 36.1 Å². The van der Waals surface area contributed by atoms with E-state index in [-0.39, 0.29) is 5.91 Å². The molecule has 0 aromatic heterocycles. The van der Waals surface area contributed by atoms with Crippen LogP contribution < -0.4 is 16.4 Å². The van der Waals surface area contributed by atoms with Crippen molar-refractivity contribution in [2.24, 2.45) is 10.7 Å². The number of carbonyl (C=O) groups is 2. The zero-order chi connectivity index (χ0) is 27.8. The maximum absolute atomic E-state index is 12.4. The Hall–Kier alpha value is -2.69. The highest BCUT2D eigenvalue weighted by molar-refractivity contribution is 6.02. The molecule has 0 heterocycles.